The van der Waals surface area contributed by atoms with Crippen molar-refractivity contribution in [2.24, 2.45) is 11.7 Å². The van der Waals surface area contributed by atoms with Gasteiger partial charge in [0.25, 0.3) is 0 Å². The summed E-state index contributed by atoms with van der Waals surface area (Å²) in [5.74, 6) is -2.51. The molecule has 104 valence electrons. The zero-order valence-corrected chi connectivity index (χ0v) is 10.8. The Morgan fingerprint density at radius 2 is 2.11 bits per heavy atom. The molecule has 0 saturated carbocycles. The molecule has 0 fully saturated rings. The lowest BCUT2D eigenvalue weighted by Crippen LogP contribution is -2.40. The summed E-state index contributed by atoms with van der Waals surface area (Å²) in [5.41, 5.74) is 5.48. The lowest BCUT2D eigenvalue weighted by Gasteiger charge is -2.18. The first-order chi connectivity index (χ1) is 8.86. The van der Waals surface area contributed by atoms with E-state index in [1.54, 1.807) is 0 Å². The topological polar surface area (TPSA) is 92.4 Å². The van der Waals surface area contributed by atoms with E-state index in [2.05, 4.69) is 5.32 Å². The highest BCUT2D eigenvalue weighted by atomic mass is 19.1. The van der Waals surface area contributed by atoms with Crippen LogP contribution in [0.5, 0.6) is 0 Å². The van der Waals surface area contributed by atoms with Gasteiger partial charge in [0.1, 0.15) is 5.82 Å². The first kappa shape index (κ1) is 15.1. The van der Waals surface area contributed by atoms with Crippen molar-refractivity contribution in [1.29, 1.82) is 0 Å². The Balaban J connectivity index is 2.94. The Labute approximate surface area is 110 Å². The van der Waals surface area contributed by atoms with Crippen LogP contribution in [0.2, 0.25) is 0 Å². The third-order valence-electron chi connectivity index (χ3n) is 3.03. The molecule has 0 aromatic heterocycles. The highest BCUT2D eigenvalue weighted by Gasteiger charge is 2.21. The number of carbonyl (C=O) groups excluding carboxylic acids is 1. The molecule has 0 saturated heterocycles. The van der Waals surface area contributed by atoms with Crippen LogP contribution < -0.4 is 11.1 Å². The molecule has 1 aromatic rings. The number of carboxylic acid groups (broad SMARTS) is 1. The van der Waals surface area contributed by atoms with E-state index in [0.717, 1.165) is 18.6 Å². The van der Waals surface area contributed by atoms with Gasteiger partial charge in [0.05, 0.1) is 17.3 Å². The Hall–Kier alpha value is -1.95. The molecule has 0 heterocycles. The van der Waals surface area contributed by atoms with Gasteiger partial charge in [-0.15, -0.1) is 0 Å². The first-order valence-electron chi connectivity index (χ1n) is 5.96. The first-order valence-corrected chi connectivity index (χ1v) is 5.96. The number of amides is 1. The maximum Gasteiger partial charge on any atom is 0.337 e. The fraction of sp³-hybridized carbons (Fsp3) is 0.385. The third kappa shape index (κ3) is 3.75. The summed E-state index contributed by atoms with van der Waals surface area (Å²) >= 11 is 0. The van der Waals surface area contributed by atoms with E-state index in [1.165, 1.54) is 6.07 Å². The molecule has 0 aliphatic carbocycles. The molecular formula is C13H17FN2O3. The number of rotatable bonds is 5. The molecule has 0 bridgehead atoms. The summed E-state index contributed by atoms with van der Waals surface area (Å²) in [6.45, 7) is 3.73. The average Bonchev–Trinajstić information content (AvgIpc) is 2.38. The van der Waals surface area contributed by atoms with Gasteiger partial charge in [-0.2, -0.15) is 0 Å². The van der Waals surface area contributed by atoms with Gasteiger partial charge in [-0.05, 0) is 24.1 Å². The van der Waals surface area contributed by atoms with E-state index in [0.29, 0.717) is 0 Å². The Morgan fingerprint density at radius 1 is 1.47 bits per heavy atom. The zero-order valence-electron chi connectivity index (χ0n) is 10.8. The summed E-state index contributed by atoms with van der Waals surface area (Å²) in [4.78, 5) is 22.8. The predicted octanol–water partition coefficient (Wildman–Crippen LogP) is 1.84. The van der Waals surface area contributed by atoms with Crippen LogP contribution in [0, 0.1) is 11.7 Å². The van der Waals surface area contributed by atoms with Crippen molar-refractivity contribution < 1.29 is 19.1 Å². The number of hydrogen-bond acceptors (Lipinski definition) is 3. The van der Waals surface area contributed by atoms with Crippen molar-refractivity contribution in [2.75, 3.05) is 5.32 Å². The van der Waals surface area contributed by atoms with Crippen LogP contribution in [0.3, 0.4) is 0 Å². The molecule has 2 atom stereocenters. The monoisotopic (exact) mass is 268 g/mol. The maximum absolute atomic E-state index is 13.0. The van der Waals surface area contributed by atoms with Crippen molar-refractivity contribution in [2.45, 2.75) is 26.3 Å². The van der Waals surface area contributed by atoms with Crippen LogP contribution in [0.25, 0.3) is 0 Å². The molecule has 0 radical (unpaired) electrons. The third-order valence-corrected chi connectivity index (χ3v) is 3.03. The Bertz CT molecular complexity index is 491. The predicted molar refractivity (Wildman–Crippen MR) is 69.4 cm³/mol. The lowest BCUT2D eigenvalue weighted by atomic mass is 9.99. The smallest absolute Gasteiger partial charge is 0.337 e. The molecule has 4 N–H and O–H groups in total. The van der Waals surface area contributed by atoms with Crippen molar-refractivity contribution in [3.63, 3.8) is 0 Å². The zero-order chi connectivity index (χ0) is 14.6. The van der Waals surface area contributed by atoms with Gasteiger partial charge in [-0.3, -0.25) is 4.79 Å². The highest BCUT2D eigenvalue weighted by Crippen LogP contribution is 2.18. The van der Waals surface area contributed by atoms with E-state index < -0.39 is 23.7 Å². The van der Waals surface area contributed by atoms with Crippen LogP contribution in [0.1, 0.15) is 30.6 Å². The van der Waals surface area contributed by atoms with E-state index in [1.807, 2.05) is 13.8 Å². The van der Waals surface area contributed by atoms with Crippen molar-refractivity contribution >= 4 is 17.6 Å². The lowest BCUT2D eigenvalue weighted by molar-refractivity contribution is -0.118. The standard InChI is InChI=1S/C13H17FN2O3/c1-3-7(2)11(15)12(17)16-10-5-4-8(14)6-9(10)13(18)19/h4-7,11H,3,15H2,1-2H3,(H,16,17)(H,18,19). The number of hydrogen-bond donors (Lipinski definition) is 3. The summed E-state index contributed by atoms with van der Waals surface area (Å²) in [6, 6.07) is 2.40. The van der Waals surface area contributed by atoms with Crippen LogP contribution in [0.4, 0.5) is 10.1 Å². The van der Waals surface area contributed by atoms with Gasteiger partial charge in [-0.1, -0.05) is 20.3 Å². The summed E-state index contributed by atoms with van der Waals surface area (Å²) in [6.07, 6.45) is 0.726. The average molecular weight is 268 g/mol. The number of aromatic carboxylic acids is 1. The fourth-order valence-electron chi connectivity index (χ4n) is 1.53. The second-order valence-electron chi connectivity index (χ2n) is 4.40. The summed E-state index contributed by atoms with van der Waals surface area (Å²) in [5, 5.41) is 11.4. The molecule has 1 amide bonds. The second-order valence-corrected chi connectivity index (χ2v) is 4.40. The molecule has 5 nitrogen and oxygen atoms in total. The van der Waals surface area contributed by atoms with E-state index >= 15 is 0 Å². The van der Waals surface area contributed by atoms with Gasteiger partial charge in [0.2, 0.25) is 5.91 Å². The van der Waals surface area contributed by atoms with Crippen molar-refractivity contribution in [3.05, 3.63) is 29.6 Å². The van der Waals surface area contributed by atoms with Crippen molar-refractivity contribution in [3.8, 4) is 0 Å². The minimum atomic E-state index is -1.31. The summed E-state index contributed by atoms with van der Waals surface area (Å²) < 4.78 is 13.0. The molecular weight excluding hydrogens is 251 g/mol. The van der Waals surface area contributed by atoms with Crippen LogP contribution in [-0.2, 0) is 4.79 Å². The minimum Gasteiger partial charge on any atom is -0.478 e. The van der Waals surface area contributed by atoms with Crippen molar-refractivity contribution in [1.82, 2.24) is 0 Å². The maximum atomic E-state index is 13.0. The Kier molecular flexibility index (Phi) is 5.00. The van der Waals surface area contributed by atoms with E-state index in [-0.39, 0.29) is 17.2 Å². The quantitative estimate of drug-likeness (QED) is 0.759. The molecule has 1 aromatic carbocycles. The van der Waals surface area contributed by atoms with Crippen LogP contribution in [0.15, 0.2) is 18.2 Å². The molecule has 1 rings (SSSR count). The van der Waals surface area contributed by atoms with Gasteiger partial charge >= 0.3 is 5.97 Å². The largest absolute Gasteiger partial charge is 0.478 e. The van der Waals surface area contributed by atoms with Gasteiger partial charge in [0, 0.05) is 0 Å². The second kappa shape index (κ2) is 6.29. The molecule has 0 aliphatic rings. The van der Waals surface area contributed by atoms with Crippen LogP contribution in [-0.4, -0.2) is 23.0 Å². The number of halogens is 1. The number of nitrogens with one attached hydrogen (secondary N) is 1. The van der Waals surface area contributed by atoms with E-state index in [9.17, 15) is 14.0 Å². The molecule has 2 unspecified atom stereocenters. The van der Waals surface area contributed by atoms with E-state index in [4.69, 9.17) is 10.8 Å². The molecule has 19 heavy (non-hydrogen) atoms. The fourth-order valence-corrected chi connectivity index (χ4v) is 1.53. The normalized spacial score (nSPS) is 13.7. The number of anilines is 1. The number of carboxylic acids is 1. The summed E-state index contributed by atoms with van der Waals surface area (Å²) in [7, 11) is 0. The van der Waals surface area contributed by atoms with Gasteiger partial charge in [0.15, 0.2) is 0 Å². The highest BCUT2D eigenvalue weighted by molar-refractivity contribution is 6.02. The SMILES string of the molecule is CCC(C)C(N)C(=O)Nc1ccc(F)cc1C(=O)O. The molecule has 0 spiro atoms. The van der Waals surface area contributed by atoms with Gasteiger partial charge in [-0.25, -0.2) is 9.18 Å². The minimum absolute atomic E-state index is 0.0336. The van der Waals surface area contributed by atoms with Gasteiger partial charge < -0.3 is 16.2 Å². The molecule has 0 aliphatic heterocycles. The Morgan fingerprint density at radius 3 is 2.63 bits per heavy atom. The molecule has 6 heteroatoms. The number of carbonyl (C=O) groups is 2. The number of nitrogens with two attached hydrogens (primary N) is 1. The number of benzene rings is 1. The van der Waals surface area contributed by atoms with Crippen LogP contribution >= 0.6 is 0 Å².